The number of hydrogen-bond donors (Lipinski definition) is 3. The predicted octanol–water partition coefficient (Wildman–Crippen LogP) is -0.340. The molecule has 3 rings (SSSR count). The van der Waals surface area contributed by atoms with Crippen molar-refractivity contribution in [1.29, 1.82) is 0 Å². The molecule has 0 amide bonds. The summed E-state index contributed by atoms with van der Waals surface area (Å²) >= 11 is 0. The Hall–Kier alpha value is -1.54. The van der Waals surface area contributed by atoms with Gasteiger partial charge >= 0.3 is 0 Å². The van der Waals surface area contributed by atoms with Crippen molar-refractivity contribution in [3.8, 4) is 0 Å². The molecule has 7 nitrogen and oxygen atoms in total. The molecule has 0 radical (unpaired) electrons. The van der Waals surface area contributed by atoms with Gasteiger partial charge in [-0.1, -0.05) is 0 Å². The first-order valence-electron chi connectivity index (χ1n) is 6.46. The number of rotatable bonds is 2. The van der Waals surface area contributed by atoms with E-state index in [1.165, 1.54) is 6.33 Å². The highest BCUT2D eigenvalue weighted by molar-refractivity contribution is 5.79. The van der Waals surface area contributed by atoms with Crippen LogP contribution in [-0.2, 0) is 4.74 Å². The van der Waals surface area contributed by atoms with Crippen molar-refractivity contribution in [2.45, 2.75) is 38.4 Å². The van der Waals surface area contributed by atoms with Crippen LogP contribution in [0, 0.1) is 13.8 Å². The Labute approximate surface area is 115 Å². The molecule has 20 heavy (non-hydrogen) atoms. The lowest BCUT2D eigenvalue weighted by Gasteiger charge is -2.19. The van der Waals surface area contributed by atoms with Crippen LogP contribution in [0.15, 0.2) is 12.4 Å². The van der Waals surface area contributed by atoms with Crippen LogP contribution in [-0.4, -0.2) is 54.8 Å². The van der Waals surface area contributed by atoms with Crippen molar-refractivity contribution >= 4 is 11.0 Å². The minimum absolute atomic E-state index is 0.346. The number of aromatic nitrogens is 3. The number of ether oxygens (including phenoxy) is 1. The highest BCUT2D eigenvalue weighted by Gasteiger charge is 2.44. The first-order chi connectivity index (χ1) is 9.54. The van der Waals surface area contributed by atoms with E-state index in [0.717, 1.165) is 16.8 Å². The van der Waals surface area contributed by atoms with Crippen LogP contribution in [0.25, 0.3) is 11.0 Å². The van der Waals surface area contributed by atoms with E-state index in [9.17, 15) is 10.2 Å². The van der Waals surface area contributed by atoms with E-state index in [1.807, 2.05) is 19.9 Å². The Bertz CT molecular complexity index is 642. The second-order valence-corrected chi connectivity index (χ2v) is 5.08. The molecule has 1 unspecified atom stereocenters. The zero-order chi connectivity index (χ0) is 14.4. The zero-order valence-corrected chi connectivity index (χ0v) is 11.3. The molecular weight excluding hydrogens is 262 g/mol. The minimum atomic E-state index is -1.12. The molecule has 3 N–H and O–H groups in total. The molecule has 7 heteroatoms. The van der Waals surface area contributed by atoms with Gasteiger partial charge in [0.25, 0.3) is 0 Å². The molecule has 0 aliphatic carbocycles. The van der Waals surface area contributed by atoms with Gasteiger partial charge in [-0.15, -0.1) is 0 Å². The van der Waals surface area contributed by atoms with Gasteiger partial charge in [-0.2, -0.15) is 0 Å². The molecule has 1 fully saturated rings. The molecule has 0 aromatic carbocycles. The molecule has 1 aliphatic rings. The second-order valence-electron chi connectivity index (χ2n) is 5.08. The summed E-state index contributed by atoms with van der Waals surface area (Å²) in [4.78, 5) is 8.37. The maximum atomic E-state index is 10.1. The molecular formula is C13H17N3O4. The van der Waals surface area contributed by atoms with E-state index in [2.05, 4.69) is 9.97 Å². The van der Waals surface area contributed by atoms with Gasteiger partial charge in [0.2, 0.25) is 0 Å². The first-order valence-corrected chi connectivity index (χ1v) is 6.46. The average molecular weight is 279 g/mol. The maximum absolute atomic E-state index is 10.1. The van der Waals surface area contributed by atoms with E-state index in [1.54, 1.807) is 4.57 Å². The molecule has 4 atom stereocenters. The Morgan fingerprint density at radius 2 is 2.00 bits per heavy atom. The molecule has 0 bridgehead atoms. The van der Waals surface area contributed by atoms with Crippen LogP contribution < -0.4 is 0 Å². The van der Waals surface area contributed by atoms with Crippen LogP contribution >= 0.6 is 0 Å². The maximum Gasteiger partial charge on any atom is 0.164 e. The van der Waals surface area contributed by atoms with Gasteiger partial charge in [-0.25, -0.2) is 9.97 Å². The Morgan fingerprint density at radius 3 is 2.65 bits per heavy atom. The largest absolute Gasteiger partial charge is 0.394 e. The van der Waals surface area contributed by atoms with E-state index in [0.29, 0.717) is 5.65 Å². The highest BCUT2D eigenvalue weighted by atomic mass is 16.6. The van der Waals surface area contributed by atoms with E-state index in [4.69, 9.17) is 9.84 Å². The van der Waals surface area contributed by atoms with Gasteiger partial charge in [0.05, 0.1) is 12.3 Å². The number of aliphatic hydroxyl groups is 3. The van der Waals surface area contributed by atoms with Gasteiger partial charge in [0, 0.05) is 11.1 Å². The Balaban J connectivity index is 2.11. The molecule has 1 saturated heterocycles. The topological polar surface area (TPSA) is 101 Å². The van der Waals surface area contributed by atoms with Gasteiger partial charge in [-0.3, -0.25) is 0 Å². The molecule has 3 heterocycles. The predicted molar refractivity (Wildman–Crippen MR) is 70.0 cm³/mol. The standard InChI is InChI=1S/C13H17N3O4/c1-6-3-8-7(2)14-5-15-12(8)16(6)13-11(19)10(18)9(4-17)20-13/h3,5,9-11,13,17-19H,4H2,1-2H3/t9-,10-,11-,13?/m1/s1. The van der Waals surface area contributed by atoms with Gasteiger partial charge < -0.3 is 24.6 Å². The third-order valence-corrected chi connectivity index (χ3v) is 3.80. The normalized spacial score (nSPS) is 30.2. The lowest BCUT2D eigenvalue weighted by Crippen LogP contribution is -2.33. The van der Waals surface area contributed by atoms with Crippen LogP contribution in [0.2, 0.25) is 0 Å². The summed E-state index contributed by atoms with van der Waals surface area (Å²) in [5.41, 5.74) is 2.33. The van der Waals surface area contributed by atoms with Crippen molar-refractivity contribution in [3.05, 3.63) is 23.8 Å². The Morgan fingerprint density at radius 1 is 1.25 bits per heavy atom. The van der Waals surface area contributed by atoms with Gasteiger partial charge in [0.15, 0.2) is 6.23 Å². The molecule has 1 aliphatic heterocycles. The smallest absolute Gasteiger partial charge is 0.164 e. The third kappa shape index (κ3) is 1.82. The van der Waals surface area contributed by atoms with E-state index >= 15 is 0 Å². The molecule has 0 spiro atoms. The van der Waals surface area contributed by atoms with Crippen molar-refractivity contribution in [2.75, 3.05) is 6.61 Å². The fourth-order valence-corrected chi connectivity index (χ4v) is 2.69. The van der Waals surface area contributed by atoms with Crippen molar-refractivity contribution in [2.24, 2.45) is 0 Å². The van der Waals surface area contributed by atoms with Crippen molar-refractivity contribution < 1.29 is 20.1 Å². The SMILES string of the molecule is Cc1ncnc2c1cc(C)n2C1O[C@H](CO)[C@@H](O)[C@H]1O. The molecule has 2 aromatic rings. The molecule has 2 aromatic heterocycles. The fourth-order valence-electron chi connectivity index (χ4n) is 2.69. The third-order valence-electron chi connectivity index (χ3n) is 3.80. The van der Waals surface area contributed by atoms with E-state index in [-0.39, 0.29) is 6.61 Å². The lowest BCUT2D eigenvalue weighted by atomic mass is 10.1. The number of fused-ring (bicyclic) bond motifs is 1. The van der Waals surface area contributed by atoms with Crippen LogP contribution in [0.4, 0.5) is 0 Å². The van der Waals surface area contributed by atoms with Gasteiger partial charge in [0.1, 0.15) is 30.3 Å². The quantitative estimate of drug-likeness (QED) is 0.695. The van der Waals surface area contributed by atoms with Crippen molar-refractivity contribution in [1.82, 2.24) is 14.5 Å². The summed E-state index contributed by atoms with van der Waals surface area (Å²) in [6.45, 7) is 3.40. The number of aliphatic hydroxyl groups excluding tert-OH is 3. The van der Waals surface area contributed by atoms with E-state index < -0.39 is 24.5 Å². The minimum Gasteiger partial charge on any atom is -0.394 e. The van der Waals surface area contributed by atoms with Crippen LogP contribution in [0.3, 0.4) is 0 Å². The number of nitrogens with zero attached hydrogens (tertiary/aromatic N) is 3. The highest BCUT2D eigenvalue weighted by Crippen LogP contribution is 2.33. The first kappa shape index (κ1) is 13.4. The summed E-state index contributed by atoms with van der Waals surface area (Å²) in [7, 11) is 0. The summed E-state index contributed by atoms with van der Waals surface area (Å²) < 4.78 is 7.29. The zero-order valence-electron chi connectivity index (χ0n) is 11.3. The van der Waals surface area contributed by atoms with Crippen LogP contribution in [0.1, 0.15) is 17.6 Å². The molecule has 108 valence electrons. The fraction of sp³-hybridized carbons (Fsp3) is 0.538. The number of hydrogen-bond acceptors (Lipinski definition) is 6. The summed E-state index contributed by atoms with van der Waals surface area (Å²) in [5, 5.41) is 30.0. The average Bonchev–Trinajstić information content (AvgIpc) is 2.90. The molecule has 0 saturated carbocycles. The lowest BCUT2D eigenvalue weighted by molar-refractivity contribution is -0.0516. The monoisotopic (exact) mass is 279 g/mol. The van der Waals surface area contributed by atoms with Gasteiger partial charge in [-0.05, 0) is 19.9 Å². The summed E-state index contributed by atoms with van der Waals surface area (Å²) in [5.74, 6) is 0. The second kappa shape index (κ2) is 4.78. The number of aryl methyl sites for hydroxylation is 2. The Kier molecular flexibility index (Phi) is 3.21. The van der Waals surface area contributed by atoms with Crippen molar-refractivity contribution in [3.63, 3.8) is 0 Å². The van der Waals surface area contributed by atoms with Crippen LogP contribution in [0.5, 0.6) is 0 Å². The summed E-state index contributed by atoms with van der Waals surface area (Å²) in [6.07, 6.45) is -2.35. The summed E-state index contributed by atoms with van der Waals surface area (Å²) in [6, 6.07) is 1.92.